The summed E-state index contributed by atoms with van der Waals surface area (Å²) in [6.07, 6.45) is 16.9. The van der Waals surface area contributed by atoms with Gasteiger partial charge in [0.1, 0.15) is 0 Å². The van der Waals surface area contributed by atoms with Gasteiger partial charge in [-0.15, -0.1) is 0 Å². The van der Waals surface area contributed by atoms with Crippen LogP contribution >= 0.6 is 15.9 Å². The molecular weight excluding hydrogens is 462 g/mol. The Morgan fingerprint density at radius 1 is 1.27 bits per heavy atom. The first kappa shape index (κ1) is 25.3. The van der Waals surface area contributed by atoms with Crippen LogP contribution in [0.5, 0.6) is 0 Å². The van der Waals surface area contributed by atoms with Gasteiger partial charge in [0.05, 0.1) is 11.0 Å². The van der Waals surface area contributed by atoms with Gasteiger partial charge in [-0.1, -0.05) is 71.8 Å². The molecule has 1 N–H and O–H groups in total. The van der Waals surface area contributed by atoms with Crippen LogP contribution in [-0.4, -0.2) is 36.5 Å². The summed E-state index contributed by atoms with van der Waals surface area (Å²) in [5, 5.41) is 10.5. The van der Waals surface area contributed by atoms with Crippen LogP contribution in [0.2, 0.25) is 0 Å². The summed E-state index contributed by atoms with van der Waals surface area (Å²) in [4.78, 5) is 0.372. The third-order valence-electron chi connectivity index (χ3n) is 6.15. The molecule has 0 radical (unpaired) electrons. The van der Waals surface area contributed by atoms with Crippen molar-refractivity contribution < 1.29 is 13.5 Å². The number of rotatable bonds is 7. The van der Waals surface area contributed by atoms with Gasteiger partial charge in [-0.05, 0) is 57.9 Å². The Bertz CT molecular complexity index is 839. The quantitative estimate of drug-likeness (QED) is 0.449. The van der Waals surface area contributed by atoms with Crippen LogP contribution < -0.4 is 0 Å². The van der Waals surface area contributed by atoms with E-state index in [0.29, 0.717) is 24.3 Å². The SMILES string of the molecule is C/C=C(Br)\C=C/CCN(C1CC2CCC1C2O)S(=O)(=O)C1=CCC=C(C)C=C1.CC. The molecule has 0 saturated heterocycles. The molecule has 4 unspecified atom stereocenters. The fourth-order valence-electron chi connectivity index (χ4n) is 4.59. The monoisotopic (exact) mass is 497 g/mol. The molecule has 30 heavy (non-hydrogen) atoms. The number of aliphatic hydroxyl groups excluding tert-OH is 1. The molecule has 6 heteroatoms. The van der Waals surface area contributed by atoms with Crippen LogP contribution in [0.3, 0.4) is 0 Å². The molecule has 0 aromatic heterocycles. The lowest BCUT2D eigenvalue weighted by molar-refractivity contribution is 0.116. The van der Waals surface area contributed by atoms with Crippen molar-refractivity contribution in [3.63, 3.8) is 0 Å². The molecule has 0 aromatic carbocycles. The van der Waals surface area contributed by atoms with Crippen LogP contribution in [0.15, 0.2) is 57.5 Å². The standard InChI is InChI=1S/C22H30BrNO3S.C2H6/c1-3-18(23)8-4-5-14-24(21-15-17-11-13-20(21)22(17)25)28(26,27)19-9-6-7-16(2)10-12-19;1-2/h3-4,7-10,12,17,20-22,25H,5-6,11,13-15H2,1-2H3;1-2H3/b8-4-,18-3+;. The lowest BCUT2D eigenvalue weighted by Crippen LogP contribution is -2.44. The Morgan fingerprint density at radius 2 is 2.00 bits per heavy atom. The van der Waals surface area contributed by atoms with Crippen LogP contribution in [0, 0.1) is 11.8 Å². The Labute approximate surface area is 191 Å². The Morgan fingerprint density at radius 3 is 2.60 bits per heavy atom. The summed E-state index contributed by atoms with van der Waals surface area (Å²) in [7, 11) is -3.60. The number of allylic oxidation sites excluding steroid dienone is 8. The van der Waals surface area contributed by atoms with E-state index in [1.54, 1.807) is 16.5 Å². The topological polar surface area (TPSA) is 57.6 Å². The van der Waals surface area contributed by atoms with E-state index >= 15 is 0 Å². The smallest absolute Gasteiger partial charge is 0.243 e. The lowest BCUT2D eigenvalue weighted by atomic mass is 9.95. The van der Waals surface area contributed by atoms with Crippen molar-refractivity contribution >= 4 is 26.0 Å². The first-order chi connectivity index (χ1) is 14.3. The molecule has 0 heterocycles. The Kier molecular flexibility index (Phi) is 9.79. The second-order valence-electron chi connectivity index (χ2n) is 7.90. The molecular formula is C24H36BrNO3S. The van der Waals surface area contributed by atoms with Gasteiger partial charge in [-0.2, -0.15) is 4.31 Å². The summed E-state index contributed by atoms with van der Waals surface area (Å²) >= 11 is 3.45. The van der Waals surface area contributed by atoms with Gasteiger partial charge >= 0.3 is 0 Å². The number of sulfonamides is 1. The number of halogens is 1. The largest absolute Gasteiger partial charge is 0.392 e. The maximum Gasteiger partial charge on any atom is 0.243 e. The minimum atomic E-state index is -3.60. The van der Waals surface area contributed by atoms with E-state index < -0.39 is 10.0 Å². The third kappa shape index (κ3) is 5.84. The number of hydrogen-bond acceptors (Lipinski definition) is 3. The average molecular weight is 499 g/mol. The molecule has 0 aromatic rings. The van der Waals surface area contributed by atoms with Crippen LogP contribution in [0.4, 0.5) is 0 Å². The molecule has 0 aliphatic heterocycles. The predicted molar refractivity (Wildman–Crippen MR) is 130 cm³/mol. The first-order valence-corrected chi connectivity index (χ1v) is 13.3. The number of nitrogens with zero attached hydrogens (tertiary/aromatic N) is 1. The van der Waals surface area contributed by atoms with E-state index in [9.17, 15) is 13.5 Å². The molecule has 2 bridgehead atoms. The second-order valence-corrected chi connectivity index (χ2v) is 10.7. The van der Waals surface area contributed by atoms with E-state index in [1.165, 1.54) is 0 Å². The molecule has 0 amide bonds. The van der Waals surface area contributed by atoms with E-state index in [1.807, 2.05) is 58.1 Å². The van der Waals surface area contributed by atoms with Crippen LogP contribution in [0.1, 0.15) is 59.8 Å². The molecule has 0 spiro atoms. The molecule has 4 nitrogen and oxygen atoms in total. The van der Waals surface area contributed by atoms with E-state index in [0.717, 1.165) is 29.3 Å². The van der Waals surface area contributed by atoms with Crippen molar-refractivity contribution in [2.24, 2.45) is 11.8 Å². The number of fused-ring (bicyclic) bond motifs is 2. The van der Waals surface area contributed by atoms with E-state index in [4.69, 9.17) is 0 Å². The third-order valence-corrected chi connectivity index (χ3v) is 8.84. The molecule has 168 valence electrons. The van der Waals surface area contributed by atoms with Gasteiger partial charge in [-0.25, -0.2) is 8.42 Å². The molecule has 2 saturated carbocycles. The number of hydrogen-bond donors (Lipinski definition) is 1. The highest BCUT2D eigenvalue weighted by molar-refractivity contribution is 9.11. The van der Waals surface area contributed by atoms with Crippen molar-refractivity contribution in [1.82, 2.24) is 4.31 Å². The second kappa shape index (κ2) is 11.6. The van der Waals surface area contributed by atoms with Gasteiger partial charge in [-0.3, -0.25) is 0 Å². The minimum Gasteiger partial charge on any atom is -0.392 e. The molecule has 3 aliphatic rings. The van der Waals surface area contributed by atoms with Gasteiger partial charge < -0.3 is 5.11 Å². The zero-order valence-electron chi connectivity index (χ0n) is 18.6. The zero-order chi connectivity index (χ0) is 22.3. The maximum atomic E-state index is 13.6. The fourth-order valence-corrected chi connectivity index (χ4v) is 6.54. The maximum absolute atomic E-state index is 13.6. The predicted octanol–water partition coefficient (Wildman–Crippen LogP) is 5.84. The Hall–Kier alpha value is -0.950. The van der Waals surface area contributed by atoms with Crippen molar-refractivity contribution in [2.45, 2.75) is 71.9 Å². The summed E-state index contributed by atoms with van der Waals surface area (Å²) in [6, 6.07) is -0.107. The van der Waals surface area contributed by atoms with Crippen molar-refractivity contribution in [3.05, 3.63) is 57.5 Å². The van der Waals surface area contributed by atoms with Crippen molar-refractivity contribution in [3.8, 4) is 0 Å². The van der Waals surface area contributed by atoms with Gasteiger partial charge in [0, 0.05) is 23.0 Å². The van der Waals surface area contributed by atoms with E-state index in [2.05, 4.69) is 15.9 Å². The van der Waals surface area contributed by atoms with Crippen LogP contribution in [-0.2, 0) is 10.0 Å². The highest BCUT2D eigenvalue weighted by atomic mass is 79.9. The minimum absolute atomic E-state index is 0.0567. The van der Waals surface area contributed by atoms with Crippen LogP contribution in [0.25, 0.3) is 0 Å². The molecule has 3 aliphatic carbocycles. The molecule has 4 atom stereocenters. The number of aliphatic hydroxyl groups is 1. The molecule has 3 rings (SSSR count). The summed E-state index contributed by atoms with van der Waals surface area (Å²) in [5.74, 6) is 0.296. The normalized spacial score (nSPS) is 29.0. The Balaban J connectivity index is 0.00000155. The van der Waals surface area contributed by atoms with Crippen molar-refractivity contribution in [2.75, 3.05) is 6.54 Å². The van der Waals surface area contributed by atoms with Crippen molar-refractivity contribution in [1.29, 1.82) is 0 Å². The van der Waals surface area contributed by atoms with Gasteiger partial charge in [0.2, 0.25) is 10.0 Å². The van der Waals surface area contributed by atoms with E-state index in [-0.39, 0.29) is 24.0 Å². The molecule has 2 fully saturated rings. The highest BCUT2D eigenvalue weighted by Crippen LogP contribution is 2.48. The highest BCUT2D eigenvalue weighted by Gasteiger charge is 2.51. The lowest BCUT2D eigenvalue weighted by Gasteiger charge is -2.33. The van der Waals surface area contributed by atoms with Gasteiger partial charge in [0.15, 0.2) is 0 Å². The first-order valence-electron chi connectivity index (χ1n) is 11.1. The average Bonchev–Trinajstić information content (AvgIpc) is 3.14. The fraction of sp³-hybridized carbons (Fsp3) is 0.583. The summed E-state index contributed by atoms with van der Waals surface area (Å²) in [5.41, 5.74) is 1.07. The van der Waals surface area contributed by atoms with Gasteiger partial charge in [0.25, 0.3) is 0 Å². The summed E-state index contributed by atoms with van der Waals surface area (Å²) in [6.45, 7) is 8.36. The summed E-state index contributed by atoms with van der Waals surface area (Å²) < 4.78 is 29.8. The zero-order valence-corrected chi connectivity index (χ0v) is 21.0.